The van der Waals surface area contributed by atoms with Gasteiger partial charge in [0.15, 0.2) is 12.2 Å². The van der Waals surface area contributed by atoms with Gasteiger partial charge in [-0.05, 0) is 25.7 Å². The smallest absolute Gasteiger partial charge is 0.790 e. The molecular formula is C73H143Na2O16P. The van der Waals surface area contributed by atoms with E-state index in [9.17, 15) is 43.7 Å². The summed E-state index contributed by atoms with van der Waals surface area (Å²) in [6.07, 6.45) is 64.5. The van der Waals surface area contributed by atoms with E-state index in [1.54, 1.807) is 0 Å². The predicted molar refractivity (Wildman–Crippen MR) is 364 cm³/mol. The molecule has 0 heterocycles. The molecule has 0 fully saturated rings. The van der Waals surface area contributed by atoms with Crippen LogP contribution < -0.4 is 68.9 Å². The number of aliphatic hydroxyl groups is 4. The van der Waals surface area contributed by atoms with E-state index in [-0.39, 0.29) is 109 Å². The molecular weight excluding hydrogens is 1210 g/mol. The van der Waals surface area contributed by atoms with Crippen molar-refractivity contribution in [2.45, 2.75) is 406 Å². The maximum atomic E-state index is 12.1. The van der Waals surface area contributed by atoms with E-state index in [1.165, 1.54) is 270 Å². The fourth-order valence-electron chi connectivity index (χ4n) is 10.6. The molecule has 0 aromatic rings. The normalized spacial score (nSPS) is 12.1. The van der Waals surface area contributed by atoms with E-state index in [1.807, 2.05) is 0 Å². The van der Waals surface area contributed by atoms with Gasteiger partial charge in [-0.15, -0.1) is 0 Å². The van der Waals surface area contributed by atoms with Crippen LogP contribution in [0.4, 0.5) is 0 Å². The fourth-order valence-corrected chi connectivity index (χ4v) is 11.0. The van der Waals surface area contributed by atoms with Crippen molar-refractivity contribution in [3.05, 3.63) is 0 Å². The summed E-state index contributed by atoms with van der Waals surface area (Å²) in [5.74, 6) is -1.16. The molecule has 0 saturated heterocycles. The molecule has 0 aromatic heterocycles. The third-order valence-electron chi connectivity index (χ3n) is 16.4. The largest absolute Gasteiger partial charge is 1.00 e. The Morgan fingerprint density at radius 2 is 0.489 bits per heavy atom. The zero-order valence-electron chi connectivity index (χ0n) is 60.7. The van der Waals surface area contributed by atoms with Crippen LogP contribution in [0.5, 0.6) is 0 Å². The molecule has 0 amide bonds. The topological polar surface area (TPSA) is 259 Å². The number of carbonyl (C=O) groups excluding carboxylic acids is 4. The van der Waals surface area contributed by atoms with Crippen molar-refractivity contribution in [1.29, 1.82) is 0 Å². The van der Waals surface area contributed by atoms with Crippen LogP contribution >= 0.6 is 7.82 Å². The number of hydrogen-bond donors (Lipinski definition) is 4. The molecule has 0 aromatic carbocycles. The minimum absolute atomic E-state index is 0. The van der Waals surface area contributed by atoms with Crippen molar-refractivity contribution in [3.8, 4) is 0 Å². The molecule has 538 valence electrons. The van der Waals surface area contributed by atoms with Gasteiger partial charge in [-0.3, -0.25) is 19.2 Å². The number of rotatable bonds is 68. The van der Waals surface area contributed by atoms with Crippen molar-refractivity contribution >= 4 is 31.7 Å². The van der Waals surface area contributed by atoms with E-state index < -0.39 is 39.3 Å². The summed E-state index contributed by atoms with van der Waals surface area (Å²) in [7, 11) is -5.00. The number of phosphoric acid groups is 1. The number of esters is 4. The zero-order valence-corrected chi connectivity index (χ0v) is 65.6. The number of phosphoric ester groups is 1. The van der Waals surface area contributed by atoms with Crippen molar-refractivity contribution in [2.24, 2.45) is 0 Å². The summed E-state index contributed by atoms with van der Waals surface area (Å²) < 4.78 is 34.4. The van der Waals surface area contributed by atoms with Crippen LogP contribution in [0.15, 0.2) is 0 Å². The molecule has 0 aliphatic heterocycles. The van der Waals surface area contributed by atoms with Gasteiger partial charge in [0.25, 0.3) is 0 Å². The Morgan fingerprint density at radius 3 is 0.663 bits per heavy atom. The Balaban J connectivity index is -0.000000467. The van der Waals surface area contributed by atoms with Crippen LogP contribution in [0.3, 0.4) is 0 Å². The van der Waals surface area contributed by atoms with Crippen LogP contribution in [0.1, 0.15) is 387 Å². The van der Waals surface area contributed by atoms with Crippen LogP contribution in [-0.2, 0) is 47.2 Å². The van der Waals surface area contributed by atoms with Gasteiger partial charge in [0.2, 0.25) is 0 Å². The summed E-state index contributed by atoms with van der Waals surface area (Å²) in [5, 5.41) is 35.6. The zero-order chi connectivity index (χ0) is 66.9. The second-order valence-electron chi connectivity index (χ2n) is 25.5. The first kappa shape index (κ1) is 100. The average molecular weight is 1350 g/mol. The van der Waals surface area contributed by atoms with E-state index in [4.69, 9.17) is 29.2 Å². The van der Waals surface area contributed by atoms with Gasteiger partial charge in [0.1, 0.15) is 19.3 Å². The number of ether oxygens (including phenoxy) is 4. The third kappa shape index (κ3) is 87.8. The van der Waals surface area contributed by atoms with Crippen LogP contribution in [0.25, 0.3) is 0 Å². The summed E-state index contributed by atoms with van der Waals surface area (Å²) >= 11 is 0. The van der Waals surface area contributed by atoms with Crippen LogP contribution in [-0.4, -0.2) is 102 Å². The van der Waals surface area contributed by atoms with E-state index in [2.05, 4.69) is 32.2 Å². The molecule has 0 radical (unpaired) electrons. The summed E-state index contributed by atoms with van der Waals surface area (Å²) in [5.41, 5.74) is 0. The van der Waals surface area contributed by atoms with Crippen molar-refractivity contribution in [2.75, 3.05) is 39.6 Å². The fraction of sp³-hybridized carbons (Fsp3) is 0.945. The number of aliphatic hydroxyl groups excluding tert-OH is 4. The maximum absolute atomic E-state index is 12.1. The Bertz CT molecular complexity index is 1450. The van der Waals surface area contributed by atoms with E-state index in [0.717, 1.165) is 64.2 Å². The molecule has 4 N–H and O–H groups in total. The third-order valence-corrected chi connectivity index (χ3v) is 16.9. The first-order chi connectivity index (χ1) is 43.7. The van der Waals surface area contributed by atoms with Gasteiger partial charge in [0.05, 0.1) is 34.3 Å². The molecule has 0 aliphatic rings. The van der Waals surface area contributed by atoms with E-state index in [0.29, 0.717) is 25.7 Å². The van der Waals surface area contributed by atoms with Gasteiger partial charge in [-0.2, -0.15) is 0 Å². The monoisotopic (exact) mass is 1350 g/mol. The standard InChI is InChI=1S/2C35H68O5.C3H9O6P.2Na/c2*1-3-5-7-9-11-13-15-17-19-21-23-25-27-29-34(37)39-32-33(31-36)40-35(38)30-28-26-24-22-20-18-16-14-12-10-8-6-4-2;4-1-3(5)2-9-10(6,7)8;;/h2*33,36H,3-32H2,1-2H3;3-5H,1-2H2,(H2,6,7,8);;/q;;;2*+1/p-2/t2*33-;;;/m11.../s1. The van der Waals surface area contributed by atoms with Crippen molar-refractivity contribution < 1.29 is 137 Å². The van der Waals surface area contributed by atoms with Gasteiger partial charge < -0.3 is 58.2 Å². The Hall–Kier alpha value is -0.170. The average Bonchev–Trinajstić information content (AvgIpc) is 3.66. The number of carbonyl (C=O) groups is 4. The Kier molecular flexibility index (Phi) is 90.9. The maximum Gasteiger partial charge on any atom is 1.00 e. The molecule has 0 bridgehead atoms. The van der Waals surface area contributed by atoms with Gasteiger partial charge >= 0.3 is 83.0 Å². The van der Waals surface area contributed by atoms with Crippen LogP contribution in [0, 0.1) is 0 Å². The molecule has 1 unspecified atom stereocenters. The molecule has 3 atom stereocenters. The Labute approximate surface area is 608 Å². The van der Waals surface area contributed by atoms with E-state index >= 15 is 0 Å². The second kappa shape index (κ2) is 83.3. The Morgan fingerprint density at radius 1 is 0.304 bits per heavy atom. The number of hydrogen-bond acceptors (Lipinski definition) is 16. The molecule has 0 aliphatic carbocycles. The molecule has 0 spiro atoms. The minimum Gasteiger partial charge on any atom is -0.790 e. The van der Waals surface area contributed by atoms with Gasteiger partial charge in [0, 0.05) is 25.7 Å². The summed E-state index contributed by atoms with van der Waals surface area (Å²) in [6.45, 7) is 6.95. The number of unbranched alkanes of at least 4 members (excludes halogenated alkanes) is 48. The predicted octanol–water partition coefficient (Wildman–Crippen LogP) is 12.0. The summed E-state index contributed by atoms with van der Waals surface area (Å²) in [4.78, 5) is 67.6. The minimum atomic E-state index is -5.00. The second-order valence-corrected chi connectivity index (χ2v) is 26.7. The molecule has 92 heavy (non-hydrogen) atoms. The SMILES string of the molecule is CCCCCCCCCCCCCCCC(=O)OC[C@@H](CO)OC(=O)CCCCCCCCCCCCCCC.CCCCCCCCCCCCCCCC(=O)OC[C@@H](CO)OC(=O)CCCCCCCCCCCCCCC.O=P([O-])([O-])OCC(O)CO.[Na+].[Na+]. The first-order valence-corrected chi connectivity index (χ1v) is 39.1. The van der Waals surface area contributed by atoms with Crippen molar-refractivity contribution in [1.82, 2.24) is 0 Å². The summed E-state index contributed by atoms with van der Waals surface area (Å²) in [6, 6.07) is 0. The molecule has 16 nitrogen and oxygen atoms in total. The van der Waals surface area contributed by atoms with Gasteiger partial charge in [-0.25, -0.2) is 0 Å². The molecule has 0 rings (SSSR count). The van der Waals surface area contributed by atoms with Gasteiger partial charge in [-0.1, -0.05) is 336 Å². The van der Waals surface area contributed by atoms with Crippen LogP contribution in [0.2, 0.25) is 0 Å². The van der Waals surface area contributed by atoms with Crippen molar-refractivity contribution in [3.63, 3.8) is 0 Å². The molecule has 0 saturated carbocycles. The quantitative estimate of drug-likeness (QED) is 0.0145. The first-order valence-electron chi connectivity index (χ1n) is 37.6. The molecule has 19 heteroatoms.